The van der Waals surface area contributed by atoms with Crippen molar-refractivity contribution in [2.24, 2.45) is 11.5 Å². The fourth-order valence-corrected chi connectivity index (χ4v) is 4.68. The van der Waals surface area contributed by atoms with E-state index in [-0.39, 0.29) is 12.6 Å². The van der Waals surface area contributed by atoms with Gasteiger partial charge in [0.05, 0.1) is 12.6 Å². The van der Waals surface area contributed by atoms with Crippen molar-refractivity contribution in [3.05, 3.63) is 101 Å². The number of carbonyl (C=O) groups is 2. The van der Waals surface area contributed by atoms with Crippen LogP contribution in [0.4, 0.5) is 9.59 Å². The lowest BCUT2D eigenvalue weighted by molar-refractivity contribution is -0.0575. The lowest BCUT2D eigenvalue weighted by atomic mass is 9.96. The van der Waals surface area contributed by atoms with Crippen LogP contribution in [0.3, 0.4) is 0 Å². The first kappa shape index (κ1) is 27.3. The topological polar surface area (TPSA) is 114 Å². The number of primary amides is 2. The van der Waals surface area contributed by atoms with Gasteiger partial charge in [-0.05, 0) is 41.0 Å². The molecule has 1 saturated heterocycles. The minimum absolute atomic E-state index is 0.0111. The molecule has 4 N–H and O–H groups in total. The predicted octanol–water partition coefficient (Wildman–Crippen LogP) is 4.02. The third-order valence-electron chi connectivity index (χ3n) is 6.44. The van der Waals surface area contributed by atoms with E-state index in [0.29, 0.717) is 23.0 Å². The van der Waals surface area contributed by atoms with Crippen molar-refractivity contribution >= 4 is 23.7 Å². The number of carbonyl (C=O) groups excluding carboxylic acids is 2. The van der Waals surface area contributed by atoms with Crippen LogP contribution in [0.25, 0.3) is 0 Å². The summed E-state index contributed by atoms with van der Waals surface area (Å²) in [5, 5.41) is 1.44. The van der Waals surface area contributed by atoms with Gasteiger partial charge >= 0.3 is 12.1 Å². The Morgan fingerprint density at radius 1 is 0.868 bits per heavy atom. The van der Waals surface area contributed by atoms with Gasteiger partial charge in [-0.2, -0.15) is 0 Å². The summed E-state index contributed by atoms with van der Waals surface area (Å²) in [6.45, 7) is 5.14. The molecule has 0 aromatic heterocycles. The predicted molar refractivity (Wildman–Crippen MR) is 145 cm³/mol. The van der Waals surface area contributed by atoms with Crippen LogP contribution in [0.2, 0.25) is 5.02 Å². The van der Waals surface area contributed by atoms with Crippen LogP contribution in [0.5, 0.6) is 5.75 Å². The Balaban J connectivity index is 1.26. The first-order chi connectivity index (χ1) is 18.4. The Hall–Kier alpha value is -3.79. The maximum absolute atomic E-state index is 11.4. The molecular weight excluding hydrogens is 506 g/mol. The first-order valence-corrected chi connectivity index (χ1v) is 12.8. The molecule has 0 spiro atoms. The molecule has 9 nitrogen and oxygen atoms in total. The highest BCUT2D eigenvalue weighted by atomic mass is 35.5. The van der Waals surface area contributed by atoms with E-state index in [1.165, 1.54) is 11.1 Å². The van der Waals surface area contributed by atoms with Crippen LogP contribution < -0.4 is 16.2 Å². The zero-order valence-corrected chi connectivity index (χ0v) is 21.8. The average molecular weight is 538 g/mol. The number of hydroxylamine groups is 2. The van der Waals surface area contributed by atoms with Crippen molar-refractivity contribution in [1.29, 1.82) is 0 Å². The molecule has 1 atom stereocenters. The van der Waals surface area contributed by atoms with Gasteiger partial charge in [0.15, 0.2) is 0 Å². The third kappa shape index (κ3) is 7.61. The van der Waals surface area contributed by atoms with E-state index in [2.05, 4.69) is 51.0 Å². The number of nitrogens with zero attached hydrogens (tertiary/aromatic N) is 3. The third-order valence-corrected chi connectivity index (χ3v) is 6.70. The van der Waals surface area contributed by atoms with Gasteiger partial charge in [0, 0.05) is 37.7 Å². The van der Waals surface area contributed by atoms with E-state index in [1.54, 1.807) is 24.3 Å². The number of ether oxygens (including phenoxy) is 1. The van der Waals surface area contributed by atoms with Gasteiger partial charge in [0.25, 0.3) is 0 Å². The minimum atomic E-state index is -1.11. The molecule has 1 fully saturated rings. The number of halogens is 1. The van der Waals surface area contributed by atoms with Crippen molar-refractivity contribution < 1.29 is 19.2 Å². The number of benzene rings is 3. The van der Waals surface area contributed by atoms with Gasteiger partial charge in [-0.15, -0.1) is 5.06 Å². The second-order valence-electron chi connectivity index (χ2n) is 9.02. The summed E-state index contributed by atoms with van der Waals surface area (Å²) in [5.74, 6) is 0.709. The summed E-state index contributed by atoms with van der Waals surface area (Å²) in [4.78, 5) is 31.8. The molecule has 38 heavy (non-hydrogen) atoms. The summed E-state index contributed by atoms with van der Waals surface area (Å²) in [6.07, 6.45) is -1.11. The van der Waals surface area contributed by atoms with Gasteiger partial charge in [-0.25, -0.2) is 9.59 Å². The van der Waals surface area contributed by atoms with E-state index in [4.69, 9.17) is 27.8 Å². The Bertz CT molecular complexity index is 1190. The van der Waals surface area contributed by atoms with E-state index < -0.39 is 12.1 Å². The van der Waals surface area contributed by atoms with Gasteiger partial charge in [-0.1, -0.05) is 66.2 Å². The molecule has 4 rings (SSSR count). The van der Waals surface area contributed by atoms with Gasteiger partial charge in [-0.3, -0.25) is 9.80 Å². The lowest BCUT2D eigenvalue weighted by Gasteiger charge is -2.39. The van der Waals surface area contributed by atoms with Gasteiger partial charge in [0.2, 0.25) is 0 Å². The zero-order valence-electron chi connectivity index (χ0n) is 21.0. The maximum Gasteiger partial charge on any atom is 0.429 e. The fraction of sp³-hybridized carbons (Fsp3) is 0.286. The van der Waals surface area contributed by atoms with Crippen molar-refractivity contribution in [2.45, 2.75) is 12.6 Å². The van der Waals surface area contributed by atoms with E-state index in [1.807, 2.05) is 18.2 Å². The van der Waals surface area contributed by atoms with Crippen LogP contribution in [0.15, 0.2) is 78.9 Å². The first-order valence-electron chi connectivity index (χ1n) is 12.4. The van der Waals surface area contributed by atoms with Gasteiger partial charge in [0.1, 0.15) is 12.4 Å². The van der Waals surface area contributed by atoms with E-state index >= 15 is 0 Å². The average Bonchev–Trinajstić information content (AvgIpc) is 2.92. The Labute approximate surface area is 227 Å². The largest absolute Gasteiger partial charge is 0.492 e. The highest BCUT2D eigenvalue weighted by molar-refractivity contribution is 6.30. The highest BCUT2D eigenvalue weighted by Gasteiger charge is 2.26. The number of amides is 3. The molecule has 1 aliphatic rings. The summed E-state index contributed by atoms with van der Waals surface area (Å²) in [7, 11) is 0. The van der Waals surface area contributed by atoms with Crippen LogP contribution in [-0.2, 0) is 11.4 Å². The van der Waals surface area contributed by atoms with E-state index in [9.17, 15) is 9.59 Å². The quantitative estimate of drug-likeness (QED) is 0.398. The molecule has 10 heteroatoms. The summed E-state index contributed by atoms with van der Waals surface area (Å²) in [5.41, 5.74) is 13.4. The number of piperazine rings is 1. The minimum Gasteiger partial charge on any atom is -0.492 e. The normalized spacial score (nSPS) is 15.0. The second kappa shape index (κ2) is 13.1. The van der Waals surface area contributed by atoms with Crippen molar-refractivity contribution in [3.63, 3.8) is 0 Å². The number of hydrogen-bond donors (Lipinski definition) is 2. The molecule has 1 unspecified atom stereocenters. The fourth-order valence-electron chi connectivity index (χ4n) is 4.55. The molecule has 0 radical (unpaired) electrons. The number of rotatable bonds is 9. The molecule has 0 bridgehead atoms. The molecule has 1 aliphatic heterocycles. The SMILES string of the molecule is NC(=O)ON(Cc1ccc(OCCN2CCN(C(c3ccccc3)c3ccc(Cl)cc3)CC2)cc1)C(N)=O. The van der Waals surface area contributed by atoms with Crippen molar-refractivity contribution in [2.75, 3.05) is 39.3 Å². The molecule has 3 amide bonds. The summed E-state index contributed by atoms with van der Waals surface area (Å²) < 4.78 is 5.93. The standard InChI is InChI=1S/C28H32ClN5O4/c29-24-10-8-23(9-11-24)26(22-4-2-1-3-5-22)33-16-14-32(15-17-33)18-19-37-25-12-6-21(7-13-25)20-34(27(30)35)38-28(31)36/h1-13,26H,14-20H2,(H2,30,35)(H2,31,36). The summed E-state index contributed by atoms with van der Waals surface area (Å²) >= 11 is 6.14. The highest BCUT2D eigenvalue weighted by Crippen LogP contribution is 2.30. The Kier molecular flexibility index (Phi) is 9.42. The van der Waals surface area contributed by atoms with Gasteiger partial charge < -0.3 is 21.0 Å². The molecule has 1 heterocycles. The molecular formula is C28H32ClN5O4. The Morgan fingerprint density at radius 2 is 1.50 bits per heavy atom. The van der Waals surface area contributed by atoms with Crippen LogP contribution in [-0.4, -0.2) is 66.3 Å². The van der Waals surface area contributed by atoms with Crippen LogP contribution in [0.1, 0.15) is 22.7 Å². The van der Waals surface area contributed by atoms with E-state index in [0.717, 1.165) is 37.7 Å². The second-order valence-corrected chi connectivity index (χ2v) is 9.46. The Morgan fingerprint density at radius 3 is 2.11 bits per heavy atom. The monoisotopic (exact) mass is 537 g/mol. The molecule has 0 saturated carbocycles. The maximum atomic E-state index is 11.4. The summed E-state index contributed by atoms with van der Waals surface area (Å²) in [6, 6.07) is 25.1. The van der Waals surface area contributed by atoms with Crippen LogP contribution >= 0.6 is 11.6 Å². The van der Waals surface area contributed by atoms with Crippen LogP contribution in [0, 0.1) is 0 Å². The number of nitrogens with two attached hydrogens (primary N) is 2. The number of hydrogen-bond acceptors (Lipinski definition) is 6. The molecule has 0 aliphatic carbocycles. The molecule has 3 aromatic rings. The zero-order chi connectivity index (χ0) is 26.9. The smallest absolute Gasteiger partial charge is 0.429 e. The lowest BCUT2D eigenvalue weighted by Crippen LogP contribution is -2.48. The van der Waals surface area contributed by atoms with Crippen molar-refractivity contribution in [3.8, 4) is 5.75 Å². The molecule has 3 aromatic carbocycles. The van der Waals surface area contributed by atoms with Crippen molar-refractivity contribution in [1.82, 2.24) is 14.9 Å². The number of urea groups is 1. The molecule has 200 valence electrons.